The summed E-state index contributed by atoms with van der Waals surface area (Å²) in [6, 6.07) is 8.90. The summed E-state index contributed by atoms with van der Waals surface area (Å²) in [5, 5.41) is 15.0. The van der Waals surface area contributed by atoms with Gasteiger partial charge in [-0.25, -0.2) is 8.42 Å². The maximum atomic E-state index is 13.8. The van der Waals surface area contributed by atoms with E-state index in [0.29, 0.717) is 15.6 Å². The Bertz CT molecular complexity index is 1300. The van der Waals surface area contributed by atoms with Crippen LogP contribution in [0.25, 0.3) is 0 Å². The van der Waals surface area contributed by atoms with E-state index < -0.39 is 33.4 Å². The minimum absolute atomic E-state index is 0.0185. The molecule has 1 saturated carbocycles. The van der Waals surface area contributed by atoms with E-state index in [0.717, 1.165) is 42.3 Å². The Labute approximate surface area is 232 Å². The summed E-state index contributed by atoms with van der Waals surface area (Å²) in [4.78, 5) is 39.0. The van der Waals surface area contributed by atoms with Crippen LogP contribution >= 0.6 is 23.2 Å². The summed E-state index contributed by atoms with van der Waals surface area (Å²) < 4.78 is 26.2. The molecule has 1 fully saturated rings. The zero-order valence-corrected chi connectivity index (χ0v) is 23.4. The molecule has 3 rings (SSSR count). The first-order chi connectivity index (χ1) is 17.9. The predicted octanol–water partition coefficient (Wildman–Crippen LogP) is 4.53. The Kier molecular flexibility index (Phi) is 9.97. The molecule has 1 N–H and O–H groups in total. The lowest BCUT2D eigenvalue weighted by Crippen LogP contribution is -2.53. The normalized spacial score (nSPS) is 14.6. The molecule has 2 aromatic rings. The Balaban J connectivity index is 1.97. The minimum Gasteiger partial charge on any atom is -0.352 e. The number of sulfonamides is 1. The van der Waals surface area contributed by atoms with E-state index >= 15 is 0 Å². The lowest BCUT2D eigenvalue weighted by Gasteiger charge is -2.33. The Morgan fingerprint density at radius 2 is 1.84 bits per heavy atom. The standard InChI is InChI=1S/C25H30Cl2N4O6S/c1-3-23(25(33)28-19-7-4-5-8-19)29(15-17-11-12-18(26)13-22(17)27)24(32)16-30(38(2,36)37)20-9-6-10-21(14-20)31(34)35/h6,9-14,19,23H,3-5,7-8,15-16H2,1-2H3,(H,28,33)/t23-/m1/s1. The monoisotopic (exact) mass is 584 g/mol. The number of anilines is 1. The van der Waals surface area contributed by atoms with Crippen LogP contribution in [-0.2, 0) is 26.2 Å². The maximum absolute atomic E-state index is 13.8. The average Bonchev–Trinajstić information content (AvgIpc) is 3.36. The van der Waals surface area contributed by atoms with E-state index in [2.05, 4.69) is 5.32 Å². The van der Waals surface area contributed by atoms with Gasteiger partial charge in [-0.3, -0.25) is 24.0 Å². The van der Waals surface area contributed by atoms with Gasteiger partial charge in [-0.1, -0.05) is 55.1 Å². The number of carbonyl (C=O) groups is 2. The number of nitrogens with zero attached hydrogens (tertiary/aromatic N) is 3. The van der Waals surface area contributed by atoms with E-state index in [4.69, 9.17) is 23.2 Å². The van der Waals surface area contributed by atoms with Crippen molar-refractivity contribution in [2.45, 2.75) is 57.7 Å². The van der Waals surface area contributed by atoms with Gasteiger partial charge in [0.15, 0.2) is 0 Å². The second kappa shape index (κ2) is 12.8. The number of non-ortho nitro benzene ring substituents is 1. The molecule has 13 heteroatoms. The van der Waals surface area contributed by atoms with Gasteiger partial charge in [-0.2, -0.15) is 0 Å². The zero-order chi connectivity index (χ0) is 28.0. The first-order valence-corrected chi connectivity index (χ1v) is 14.8. The van der Waals surface area contributed by atoms with Gasteiger partial charge in [0, 0.05) is 34.8 Å². The fourth-order valence-corrected chi connectivity index (χ4v) is 5.81. The fraction of sp³-hybridized carbons (Fsp3) is 0.440. The van der Waals surface area contributed by atoms with Crippen LogP contribution in [0.3, 0.4) is 0 Å². The highest BCUT2D eigenvalue weighted by atomic mass is 35.5. The van der Waals surface area contributed by atoms with Crippen molar-refractivity contribution in [1.82, 2.24) is 10.2 Å². The van der Waals surface area contributed by atoms with Crippen molar-refractivity contribution >= 4 is 56.4 Å². The summed E-state index contributed by atoms with van der Waals surface area (Å²) in [5.74, 6) is -1.000. The topological polar surface area (TPSA) is 130 Å². The number of nitrogens with one attached hydrogen (secondary N) is 1. The van der Waals surface area contributed by atoms with Crippen LogP contribution in [0.15, 0.2) is 42.5 Å². The fourth-order valence-electron chi connectivity index (χ4n) is 4.50. The van der Waals surface area contributed by atoms with E-state index in [1.54, 1.807) is 19.1 Å². The summed E-state index contributed by atoms with van der Waals surface area (Å²) in [5.41, 5.74) is 0.163. The molecule has 206 valence electrons. The molecule has 0 aliphatic heterocycles. The summed E-state index contributed by atoms with van der Waals surface area (Å²) in [6.07, 6.45) is 4.91. The molecule has 2 aromatic carbocycles. The molecule has 1 aliphatic carbocycles. The van der Waals surface area contributed by atoms with Crippen molar-refractivity contribution in [3.63, 3.8) is 0 Å². The number of amides is 2. The number of hydrogen-bond donors (Lipinski definition) is 1. The molecule has 2 amide bonds. The third-order valence-electron chi connectivity index (χ3n) is 6.45. The SMILES string of the molecule is CC[C@H](C(=O)NC1CCCC1)N(Cc1ccc(Cl)cc1Cl)C(=O)CN(c1cccc([N+](=O)[O-])c1)S(C)(=O)=O. The Morgan fingerprint density at radius 3 is 2.42 bits per heavy atom. The van der Waals surface area contributed by atoms with Crippen molar-refractivity contribution < 1.29 is 22.9 Å². The number of benzene rings is 2. The van der Waals surface area contributed by atoms with Crippen molar-refractivity contribution in [2.24, 2.45) is 0 Å². The van der Waals surface area contributed by atoms with Crippen molar-refractivity contribution in [2.75, 3.05) is 17.1 Å². The minimum atomic E-state index is -4.03. The summed E-state index contributed by atoms with van der Waals surface area (Å²) >= 11 is 12.4. The van der Waals surface area contributed by atoms with Gasteiger partial charge in [0.2, 0.25) is 21.8 Å². The van der Waals surface area contributed by atoms with Crippen LogP contribution in [0.2, 0.25) is 10.0 Å². The predicted molar refractivity (Wildman–Crippen MR) is 147 cm³/mol. The van der Waals surface area contributed by atoms with Gasteiger partial charge in [0.1, 0.15) is 12.6 Å². The lowest BCUT2D eigenvalue weighted by atomic mass is 10.1. The summed E-state index contributed by atoms with van der Waals surface area (Å²) in [7, 11) is -4.03. The van der Waals surface area contributed by atoms with Gasteiger partial charge in [0.05, 0.1) is 16.9 Å². The molecular weight excluding hydrogens is 555 g/mol. The number of hydrogen-bond acceptors (Lipinski definition) is 6. The first kappa shape index (κ1) is 29.7. The molecule has 0 aromatic heterocycles. The molecule has 0 unspecified atom stereocenters. The molecule has 10 nitrogen and oxygen atoms in total. The Hall–Kier alpha value is -2.89. The molecule has 0 radical (unpaired) electrons. The van der Waals surface area contributed by atoms with Crippen LogP contribution in [0.5, 0.6) is 0 Å². The molecule has 0 saturated heterocycles. The second-order valence-electron chi connectivity index (χ2n) is 9.22. The van der Waals surface area contributed by atoms with E-state index in [1.807, 2.05) is 0 Å². The lowest BCUT2D eigenvalue weighted by molar-refractivity contribution is -0.384. The van der Waals surface area contributed by atoms with E-state index in [1.165, 1.54) is 29.2 Å². The highest BCUT2D eigenvalue weighted by molar-refractivity contribution is 7.92. The third-order valence-corrected chi connectivity index (χ3v) is 8.18. The van der Waals surface area contributed by atoms with Crippen molar-refractivity contribution in [3.05, 3.63) is 68.2 Å². The first-order valence-electron chi connectivity index (χ1n) is 12.2. The quantitative estimate of drug-likeness (QED) is 0.305. The molecule has 1 atom stereocenters. The highest BCUT2D eigenvalue weighted by Gasteiger charge is 2.33. The second-order valence-corrected chi connectivity index (χ2v) is 12.0. The van der Waals surface area contributed by atoms with Crippen LogP contribution < -0.4 is 9.62 Å². The van der Waals surface area contributed by atoms with E-state index in [-0.39, 0.29) is 36.3 Å². The van der Waals surface area contributed by atoms with Gasteiger partial charge in [0.25, 0.3) is 5.69 Å². The molecule has 0 heterocycles. The largest absolute Gasteiger partial charge is 0.352 e. The van der Waals surface area contributed by atoms with Crippen molar-refractivity contribution in [3.8, 4) is 0 Å². The third kappa shape index (κ3) is 7.58. The number of nitro groups is 1. The van der Waals surface area contributed by atoms with Crippen LogP contribution in [0.1, 0.15) is 44.6 Å². The van der Waals surface area contributed by atoms with Gasteiger partial charge in [-0.15, -0.1) is 0 Å². The van der Waals surface area contributed by atoms with Crippen LogP contribution in [-0.4, -0.2) is 54.9 Å². The van der Waals surface area contributed by atoms with Crippen LogP contribution in [0, 0.1) is 10.1 Å². The maximum Gasteiger partial charge on any atom is 0.271 e. The van der Waals surface area contributed by atoms with Gasteiger partial charge >= 0.3 is 0 Å². The Morgan fingerprint density at radius 1 is 1.16 bits per heavy atom. The van der Waals surface area contributed by atoms with E-state index in [9.17, 15) is 28.1 Å². The van der Waals surface area contributed by atoms with Crippen molar-refractivity contribution in [1.29, 1.82) is 0 Å². The number of halogens is 2. The molecule has 0 spiro atoms. The number of nitro benzene ring substituents is 1. The van der Waals surface area contributed by atoms with Gasteiger partial charge < -0.3 is 10.2 Å². The molecule has 0 bridgehead atoms. The molecule has 38 heavy (non-hydrogen) atoms. The number of carbonyl (C=O) groups excluding carboxylic acids is 2. The molecular formula is C25H30Cl2N4O6S. The van der Waals surface area contributed by atoms with Gasteiger partial charge in [-0.05, 0) is 43.0 Å². The highest BCUT2D eigenvalue weighted by Crippen LogP contribution is 2.27. The average molecular weight is 586 g/mol. The summed E-state index contributed by atoms with van der Waals surface area (Å²) in [6.45, 7) is 1.02. The van der Waals surface area contributed by atoms with Crippen LogP contribution in [0.4, 0.5) is 11.4 Å². The number of rotatable bonds is 11. The smallest absolute Gasteiger partial charge is 0.271 e. The molecule has 1 aliphatic rings. The zero-order valence-electron chi connectivity index (χ0n) is 21.1.